The van der Waals surface area contributed by atoms with Crippen LogP contribution >= 0.6 is 0 Å². The minimum atomic E-state index is -0.486. The summed E-state index contributed by atoms with van der Waals surface area (Å²) in [4.78, 5) is 25.8. The normalized spacial score (nSPS) is 13.9. The SMILES string of the molecule is O=C(OCC(=O)N1CCCC1)c1ccc(Cn2nnc3ccccc32)cc1. The highest BCUT2D eigenvalue weighted by atomic mass is 16.5. The van der Waals surface area contributed by atoms with Gasteiger partial charge in [0, 0.05) is 13.1 Å². The topological polar surface area (TPSA) is 77.3 Å². The zero-order valence-corrected chi connectivity index (χ0v) is 14.9. The average molecular weight is 364 g/mol. The van der Waals surface area contributed by atoms with Gasteiger partial charge in [-0.05, 0) is 42.7 Å². The second-order valence-corrected chi connectivity index (χ2v) is 6.60. The summed E-state index contributed by atoms with van der Waals surface area (Å²) in [5.74, 6) is -0.615. The number of benzene rings is 2. The molecule has 1 aromatic heterocycles. The van der Waals surface area contributed by atoms with Crippen LogP contribution in [0.3, 0.4) is 0 Å². The third kappa shape index (κ3) is 3.81. The monoisotopic (exact) mass is 364 g/mol. The number of hydrogen-bond donors (Lipinski definition) is 0. The summed E-state index contributed by atoms with van der Waals surface area (Å²) in [6.07, 6.45) is 2.03. The van der Waals surface area contributed by atoms with Crippen molar-refractivity contribution in [1.29, 1.82) is 0 Å². The Labute approximate surface area is 156 Å². The summed E-state index contributed by atoms with van der Waals surface area (Å²) in [7, 11) is 0. The van der Waals surface area contributed by atoms with E-state index in [9.17, 15) is 9.59 Å². The van der Waals surface area contributed by atoms with E-state index in [1.807, 2.05) is 41.1 Å². The molecule has 0 saturated carbocycles. The minimum absolute atomic E-state index is 0.129. The highest BCUT2D eigenvalue weighted by molar-refractivity contribution is 5.91. The van der Waals surface area contributed by atoms with Crippen LogP contribution in [0.1, 0.15) is 28.8 Å². The van der Waals surface area contributed by atoms with Gasteiger partial charge in [-0.25, -0.2) is 9.48 Å². The van der Waals surface area contributed by atoms with Crippen LogP contribution in [-0.2, 0) is 16.1 Å². The van der Waals surface area contributed by atoms with E-state index in [1.165, 1.54) is 0 Å². The molecule has 0 aliphatic carbocycles. The van der Waals surface area contributed by atoms with Crippen LogP contribution < -0.4 is 0 Å². The smallest absolute Gasteiger partial charge is 0.338 e. The first-order valence-corrected chi connectivity index (χ1v) is 9.03. The highest BCUT2D eigenvalue weighted by Gasteiger charge is 2.19. The van der Waals surface area contributed by atoms with Gasteiger partial charge in [0.05, 0.1) is 17.6 Å². The van der Waals surface area contributed by atoms with Gasteiger partial charge in [-0.2, -0.15) is 0 Å². The Morgan fingerprint density at radius 1 is 1.00 bits per heavy atom. The van der Waals surface area contributed by atoms with Crippen molar-refractivity contribution in [1.82, 2.24) is 19.9 Å². The maximum Gasteiger partial charge on any atom is 0.338 e. The molecule has 0 N–H and O–H groups in total. The predicted molar refractivity (Wildman–Crippen MR) is 99.2 cm³/mol. The van der Waals surface area contributed by atoms with Crippen LogP contribution in [0, 0.1) is 0 Å². The molecule has 0 spiro atoms. The van der Waals surface area contributed by atoms with Gasteiger partial charge >= 0.3 is 5.97 Å². The van der Waals surface area contributed by atoms with Gasteiger partial charge in [-0.1, -0.05) is 29.5 Å². The van der Waals surface area contributed by atoms with Crippen LogP contribution in [0.15, 0.2) is 48.5 Å². The van der Waals surface area contributed by atoms with Gasteiger partial charge in [0.15, 0.2) is 6.61 Å². The number of para-hydroxylation sites is 1. The lowest BCUT2D eigenvalue weighted by Gasteiger charge is -2.14. The van der Waals surface area contributed by atoms with E-state index < -0.39 is 5.97 Å². The van der Waals surface area contributed by atoms with Crippen molar-refractivity contribution in [2.24, 2.45) is 0 Å². The molecule has 138 valence electrons. The van der Waals surface area contributed by atoms with E-state index in [2.05, 4.69) is 10.3 Å². The fourth-order valence-corrected chi connectivity index (χ4v) is 3.22. The van der Waals surface area contributed by atoms with Gasteiger partial charge in [0.1, 0.15) is 5.52 Å². The molecule has 0 atom stereocenters. The quantitative estimate of drug-likeness (QED) is 0.649. The van der Waals surface area contributed by atoms with Crippen molar-refractivity contribution in [3.05, 3.63) is 59.7 Å². The molecule has 1 amide bonds. The minimum Gasteiger partial charge on any atom is -0.452 e. The number of fused-ring (bicyclic) bond motifs is 1. The largest absolute Gasteiger partial charge is 0.452 e. The molecule has 1 saturated heterocycles. The number of likely N-dealkylation sites (tertiary alicyclic amines) is 1. The third-order valence-corrected chi connectivity index (χ3v) is 4.73. The Balaban J connectivity index is 1.36. The first kappa shape index (κ1) is 17.2. The molecule has 2 aromatic carbocycles. The summed E-state index contributed by atoms with van der Waals surface area (Å²) >= 11 is 0. The Morgan fingerprint density at radius 3 is 2.52 bits per heavy atom. The van der Waals surface area contributed by atoms with Crippen LogP contribution in [0.25, 0.3) is 11.0 Å². The summed E-state index contributed by atoms with van der Waals surface area (Å²) < 4.78 is 6.96. The van der Waals surface area contributed by atoms with Crippen LogP contribution in [0.5, 0.6) is 0 Å². The molecule has 0 unspecified atom stereocenters. The molecule has 0 bridgehead atoms. The second-order valence-electron chi connectivity index (χ2n) is 6.60. The number of esters is 1. The Hall–Kier alpha value is -3.22. The van der Waals surface area contributed by atoms with E-state index >= 15 is 0 Å². The summed E-state index contributed by atoms with van der Waals surface area (Å²) in [5, 5.41) is 8.30. The van der Waals surface area contributed by atoms with Gasteiger partial charge in [-0.3, -0.25) is 4.79 Å². The number of hydrogen-bond acceptors (Lipinski definition) is 5. The maximum atomic E-state index is 12.1. The van der Waals surface area contributed by atoms with Gasteiger partial charge in [0.2, 0.25) is 0 Å². The molecule has 1 fully saturated rings. The fourth-order valence-electron chi connectivity index (χ4n) is 3.22. The Morgan fingerprint density at radius 2 is 1.74 bits per heavy atom. The average Bonchev–Trinajstić information content (AvgIpc) is 3.37. The first-order valence-electron chi connectivity index (χ1n) is 9.03. The van der Waals surface area contributed by atoms with Crippen LogP contribution in [0.2, 0.25) is 0 Å². The number of carbonyl (C=O) groups is 2. The molecular weight excluding hydrogens is 344 g/mol. The standard InChI is InChI=1S/C20H20N4O3/c25-19(23-11-3-4-12-23)14-27-20(26)16-9-7-15(8-10-16)13-24-18-6-2-1-5-17(18)21-22-24/h1-2,5-10H,3-4,11-14H2. The van der Waals surface area contributed by atoms with E-state index in [-0.39, 0.29) is 12.5 Å². The zero-order valence-electron chi connectivity index (χ0n) is 14.9. The lowest BCUT2D eigenvalue weighted by molar-refractivity contribution is -0.133. The lowest BCUT2D eigenvalue weighted by Crippen LogP contribution is -2.32. The Kier molecular flexibility index (Phi) is 4.82. The van der Waals surface area contributed by atoms with Gasteiger partial charge < -0.3 is 9.64 Å². The van der Waals surface area contributed by atoms with E-state index in [0.717, 1.165) is 42.5 Å². The van der Waals surface area contributed by atoms with Crippen molar-refractivity contribution in [2.45, 2.75) is 19.4 Å². The Bertz CT molecular complexity index is 959. The van der Waals surface area contributed by atoms with Crippen LogP contribution in [0.4, 0.5) is 0 Å². The molecule has 1 aliphatic heterocycles. The number of rotatable bonds is 5. The second kappa shape index (κ2) is 7.57. The molecule has 1 aliphatic rings. The number of aromatic nitrogens is 3. The highest BCUT2D eigenvalue weighted by Crippen LogP contribution is 2.13. The van der Waals surface area contributed by atoms with Crippen molar-refractivity contribution in [2.75, 3.05) is 19.7 Å². The van der Waals surface area contributed by atoms with E-state index in [1.54, 1.807) is 17.0 Å². The number of amides is 1. The van der Waals surface area contributed by atoms with Crippen molar-refractivity contribution in [3.8, 4) is 0 Å². The molecule has 7 heteroatoms. The molecule has 0 radical (unpaired) electrons. The molecule has 27 heavy (non-hydrogen) atoms. The molecule has 3 aromatic rings. The van der Waals surface area contributed by atoms with E-state index in [0.29, 0.717) is 12.1 Å². The zero-order chi connectivity index (χ0) is 18.6. The van der Waals surface area contributed by atoms with Crippen molar-refractivity contribution in [3.63, 3.8) is 0 Å². The summed E-state index contributed by atoms with van der Waals surface area (Å²) in [5.41, 5.74) is 3.23. The fraction of sp³-hybridized carbons (Fsp3) is 0.300. The van der Waals surface area contributed by atoms with Gasteiger partial charge in [-0.15, -0.1) is 5.10 Å². The van der Waals surface area contributed by atoms with Crippen molar-refractivity contribution >= 4 is 22.9 Å². The molecule has 4 rings (SSSR count). The number of nitrogens with zero attached hydrogens (tertiary/aromatic N) is 4. The summed E-state index contributed by atoms with van der Waals surface area (Å²) in [6.45, 7) is 1.86. The number of ether oxygens (including phenoxy) is 1. The molecular formula is C20H20N4O3. The number of carbonyl (C=O) groups excluding carboxylic acids is 2. The third-order valence-electron chi connectivity index (χ3n) is 4.73. The molecule has 7 nitrogen and oxygen atoms in total. The maximum absolute atomic E-state index is 12.1. The lowest BCUT2D eigenvalue weighted by atomic mass is 10.1. The van der Waals surface area contributed by atoms with Crippen LogP contribution in [-0.4, -0.2) is 51.5 Å². The first-order chi connectivity index (χ1) is 13.2. The predicted octanol–water partition coefficient (Wildman–Crippen LogP) is 2.26. The molecule has 2 heterocycles. The van der Waals surface area contributed by atoms with E-state index in [4.69, 9.17) is 4.74 Å². The van der Waals surface area contributed by atoms with Gasteiger partial charge in [0.25, 0.3) is 5.91 Å². The van der Waals surface area contributed by atoms with Crippen molar-refractivity contribution < 1.29 is 14.3 Å². The summed E-state index contributed by atoms with van der Waals surface area (Å²) in [6, 6.07) is 14.9.